The summed E-state index contributed by atoms with van der Waals surface area (Å²) in [7, 11) is 0. The van der Waals surface area contributed by atoms with E-state index >= 15 is 0 Å². The van der Waals surface area contributed by atoms with Gasteiger partial charge in [0.1, 0.15) is 0 Å². The second kappa shape index (κ2) is 13.5. The van der Waals surface area contributed by atoms with Gasteiger partial charge in [0.2, 0.25) is 0 Å². The molecule has 3 nitrogen and oxygen atoms in total. The van der Waals surface area contributed by atoms with Crippen LogP contribution < -0.4 is 5.48 Å². The van der Waals surface area contributed by atoms with E-state index in [2.05, 4.69) is 19.3 Å². The number of hydrogen-bond acceptors (Lipinski definition) is 3. The van der Waals surface area contributed by atoms with E-state index in [0.717, 1.165) is 32.2 Å². The molecule has 0 atom stereocenters. The van der Waals surface area contributed by atoms with E-state index in [0.29, 0.717) is 6.42 Å². The molecule has 0 saturated heterocycles. The minimum Gasteiger partial charge on any atom is -0.371 e. The molecular weight excluding hydrogens is 214 g/mol. The highest BCUT2D eigenvalue weighted by atomic mass is 16.7. The summed E-state index contributed by atoms with van der Waals surface area (Å²) in [5.41, 5.74) is 2.71. The van der Waals surface area contributed by atoms with Crippen molar-refractivity contribution >= 4 is 5.97 Å². The molecule has 0 aliphatic carbocycles. The van der Waals surface area contributed by atoms with E-state index in [1.807, 2.05) is 0 Å². The highest BCUT2D eigenvalue weighted by Crippen LogP contribution is 2.08. The minimum atomic E-state index is -0.116. The van der Waals surface area contributed by atoms with Gasteiger partial charge in [-0.25, -0.2) is 0 Å². The lowest BCUT2D eigenvalue weighted by molar-refractivity contribution is -0.151. The Morgan fingerprint density at radius 3 is 2.12 bits per heavy atom. The molecule has 0 aromatic heterocycles. The minimum absolute atomic E-state index is 0.116. The van der Waals surface area contributed by atoms with Crippen LogP contribution in [0.25, 0.3) is 0 Å². The normalized spacial score (nSPS) is 10.5. The Bertz CT molecular complexity index is 172. The van der Waals surface area contributed by atoms with Crippen LogP contribution in [0.1, 0.15) is 78.1 Å². The zero-order valence-corrected chi connectivity index (χ0v) is 11.6. The molecule has 0 aliphatic rings. The van der Waals surface area contributed by atoms with Gasteiger partial charge in [-0.3, -0.25) is 4.79 Å². The smallest absolute Gasteiger partial charge is 0.324 e. The molecule has 0 fully saturated rings. The lowest BCUT2D eigenvalue weighted by Gasteiger charge is -2.04. The van der Waals surface area contributed by atoms with Crippen molar-refractivity contribution in [2.24, 2.45) is 0 Å². The molecule has 102 valence electrons. The maximum atomic E-state index is 11.3. The lowest BCUT2D eigenvalue weighted by atomic mass is 10.1. The molecule has 0 saturated carbocycles. The zero-order valence-electron chi connectivity index (χ0n) is 11.6. The Labute approximate surface area is 106 Å². The van der Waals surface area contributed by atoms with E-state index < -0.39 is 0 Å². The molecule has 0 aliphatic heterocycles. The SMILES string of the molecule is CCCCCCCCCC(=O)ONCCCC. The van der Waals surface area contributed by atoms with Gasteiger partial charge in [-0.2, -0.15) is 5.48 Å². The van der Waals surface area contributed by atoms with Gasteiger partial charge in [0.05, 0.1) is 0 Å². The van der Waals surface area contributed by atoms with Crippen LogP contribution in [0.5, 0.6) is 0 Å². The summed E-state index contributed by atoms with van der Waals surface area (Å²) in [5, 5.41) is 0. The predicted octanol–water partition coefficient (Wildman–Crippen LogP) is 3.98. The van der Waals surface area contributed by atoms with E-state index in [1.54, 1.807) is 0 Å². The first-order chi connectivity index (χ1) is 8.31. The van der Waals surface area contributed by atoms with Crippen molar-refractivity contribution in [1.82, 2.24) is 5.48 Å². The molecule has 0 rings (SSSR count). The molecule has 0 radical (unpaired) electrons. The average Bonchev–Trinajstić information content (AvgIpc) is 2.33. The number of unbranched alkanes of at least 4 members (excludes halogenated alkanes) is 7. The summed E-state index contributed by atoms with van der Waals surface area (Å²) in [6.07, 6.45) is 11.3. The second-order valence-electron chi connectivity index (χ2n) is 4.59. The van der Waals surface area contributed by atoms with Crippen LogP contribution in [0.3, 0.4) is 0 Å². The molecule has 0 aromatic rings. The lowest BCUT2D eigenvalue weighted by Crippen LogP contribution is -2.20. The monoisotopic (exact) mass is 243 g/mol. The largest absolute Gasteiger partial charge is 0.371 e. The van der Waals surface area contributed by atoms with Crippen molar-refractivity contribution < 1.29 is 9.63 Å². The Morgan fingerprint density at radius 1 is 0.882 bits per heavy atom. The van der Waals surface area contributed by atoms with Gasteiger partial charge in [0, 0.05) is 13.0 Å². The topological polar surface area (TPSA) is 38.3 Å². The van der Waals surface area contributed by atoms with Gasteiger partial charge in [-0.15, -0.1) is 0 Å². The quantitative estimate of drug-likeness (QED) is 0.416. The molecule has 0 spiro atoms. The van der Waals surface area contributed by atoms with Gasteiger partial charge in [-0.1, -0.05) is 58.8 Å². The first kappa shape index (κ1) is 16.4. The maximum absolute atomic E-state index is 11.3. The fourth-order valence-electron chi connectivity index (χ4n) is 1.66. The van der Waals surface area contributed by atoms with Gasteiger partial charge < -0.3 is 4.84 Å². The van der Waals surface area contributed by atoms with Gasteiger partial charge in [0.15, 0.2) is 0 Å². The highest BCUT2D eigenvalue weighted by molar-refractivity contribution is 5.68. The van der Waals surface area contributed by atoms with Crippen molar-refractivity contribution in [3.63, 3.8) is 0 Å². The standard InChI is InChI=1S/C14H29NO2/c1-3-5-7-8-9-10-11-12-14(16)17-15-13-6-4-2/h15H,3-13H2,1-2H3. The van der Waals surface area contributed by atoms with Crippen LogP contribution in [0.4, 0.5) is 0 Å². The van der Waals surface area contributed by atoms with E-state index in [4.69, 9.17) is 4.84 Å². The van der Waals surface area contributed by atoms with Crippen molar-refractivity contribution in [2.75, 3.05) is 6.54 Å². The third kappa shape index (κ3) is 13.4. The van der Waals surface area contributed by atoms with Crippen LogP contribution in [0.15, 0.2) is 0 Å². The van der Waals surface area contributed by atoms with Crippen molar-refractivity contribution in [2.45, 2.75) is 78.1 Å². The maximum Gasteiger partial charge on any atom is 0.324 e. The Balaban J connectivity index is 3.11. The molecule has 0 bridgehead atoms. The first-order valence-electron chi connectivity index (χ1n) is 7.23. The van der Waals surface area contributed by atoms with Crippen LogP contribution >= 0.6 is 0 Å². The number of hydroxylamine groups is 1. The molecule has 0 heterocycles. The summed E-state index contributed by atoms with van der Waals surface area (Å²) in [6, 6.07) is 0. The van der Waals surface area contributed by atoms with Crippen LogP contribution in [0.2, 0.25) is 0 Å². The summed E-state index contributed by atoms with van der Waals surface area (Å²) in [6.45, 7) is 5.10. The van der Waals surface area contributed by atoms with Crippen LogP contribution in [-0.2, 0) is 9.63 Å². The van der Waals surface area contributed by atoms with E-state index in [1.165, 1.54) is 32.1 Å². The number of carbonyl (C=O) groups is 1. The molecule has 3 heteroatoms. The fraction of sp³-hybridized carbons (Fsp3) is 0.929. The summed E-state index contributed by atoms with van der Waals surface area (Å²) < 4.78 is 0. The van der Waals surface area contributed by atoms with Crippen LogP contribution in [0, 0.1) is 0 Å². The zero-order chi connectivity index (χ0) is 12.8. The summed E-state index contributed by atoms with van der Waals surface area (Å²) in [4.78, 5) is 16.2. The second-order valence-corrected chi connectivity index (χ2v) is 4.59. The molecule has 0 aromatic carbocycles. The fourth-order valence-corrected chi connectivity index (χ4v) is 1.66. The molecule has 0 amide bonds. The number of nitrogens with one attached hydrogen (secondary N) is 1. The van der Waals surface area contributed by atoms with Crippen molar-refractivity contribution in [1.29, 1.82) is 0 Å². The first-order valence-corrected chi connectivity index (χ1v) is 7.23. The molecule has 1 N–H and O–H groups in total. The predicted molar refractivity (Wildman–Crippen MR) is 71.6 cm³/mol. The highest BCUT2D eigenvalue weighted by Gasteiger charge is 2.01. The van der Waals surface area contributed by atoms with Crippen molar-refractivity contribution in [3.05, 3.63) is 0 Å². The Hall–Kier alpha value is -0.570. The van der Waals surface area contributed by atoms with Gasteiger partial charge in [0.25, 0.3) is 0 Å². The average molecular weight is 243 g/mol. The summed E-state index contributed by atoms with van der Waals surface area (Å²) in [5.74, 6) is -0.116. The third-order valence-corrected chi connectivity index (χ3v) is 2.80. The Morgan fingerprint density at radius 2 is 1.47 bits per heavy atom. The molecule has 17 heavy (non-hydrogen) atoms. The number of rotatable bonds is 12. The molecule has 0 unspecified atom stereocenters. The summed E-state index contributed by atoms with van der Waals surface area (Å²) >= 11 is 0. The number of hydrogen-bond donors (Lipinski definition) is 1. The van der Waals surface area contributed by atoms with Gasteiger partial charge >= 0.3 is 5.97 Å². The number of carbonyl (C=O) groups excluding carboxylic acids is 1. The van der Waals surface area contributed by atoms with E-state index in [-0.39, 0.29) is 5.97 Å². The van der Waals surface area contributed by atoms with Crippen LogP contribution in [-0.4, -0.2) is 12.5 Å². The van der Waals surface area contributed by atoms with Gasteiger partial charge in [-0.05, 0) is 12.8 Å². The third-order valence-electron chi connectivity index (χ3n) is 2.80. The Kier molecular flexibility index (Phi) is 13.0. The molecular formula is C14H29NO2. The van der Waals surface area contributed by atoms with E-state index in [9.17, 15) is 4.79 Å². The van der Waals surface area contributed by atoms with Crippen molar-refractivity contribution in [3.8, 4) is 0 Å².